The van der Waals surface area contributed by atoms with E-state index in [1.807, 2.05) is 72.8 Å². The zero-order valence-electron chi connectivity index (χ0n) is 17.9. The number of H-pyrrole nitrogens is 1. The molecule has 0 aliphatic carbocycles. The van der Waals surface area contributed by atoms with Gasteiger partial charge in [-0.3, -0.25) is 4.79 Å². The van der Waals surface area contributed by atoms with E-state index in [0.29, 0.717) is 27.7 Å². The first-order valence-corrected chi connectivity index (χ1v) is 10.4. The van der Waals surface area contributed by atoms with E-state index < -0.39 is 5.97 Å². The fourth-order valence-corrected chi connectivity index (χ4v) is 3.84. The van der Waals surface area contributed by atoms with E-state index >= 15 is 0 Å². The van der Waals surface area contributed by atoms with Crippen molar-refractivity contribution in [1.82, 2.24) is 9.97 Å². The third-order valence-electron chi connectivity index (χ3n) is 5.55. The number of pyridine rings is 1. The van der Waals surface area contributed by atoms with Gasteiger partial charge in [0.25, 0.3) is 0 Å². The number of hydrogen-bond donors (Lipinski definition) is 1. The highest BCUT2D eigenvalue weighted by Crippen LogP contribution is 2.27. The molecule has 0 spiro atoms. The van der Waals surface area contributed by atoms with Crippen LogP contribution in [-0.4, -0.2) is 35.4 Å². The molecule has 0 saturated carbocycles. The Hall–Kier alpha value is -4.45. The molecular weight excluding hydrogens is 416 g/mol. The number of methoxy groups -OCH3 is 1. The molecule has 0 aliphatic heterocycles. The SMILES string of the molecule is COc1ccc(-c2cc(C(=O)OCC(=O)c3c[nH]c4ccccc34)c3ccccc3n2)cc1. The van der Waals surface area contributed by atoms with Gasteiger partial charge in [0.1, 0.15) is 5.75 Å². The molecule has 0 amide bonds. The number of ether oxygens (including phenoxy) is 2. The molecule has 0 bridgehead atoms. The Kier molecular flexibility index (Phi) is 5.32. The molecule has 0 fully saturated rings. The number of ketones is 1. The van der Waals surface area contributed by atoms with Crippen LogP contribution >= 0.6 is 0 Å². The van der Waals surface area contributed by atoms with Gasteiger partial charge in [0.2, 0.25) is 5.78 Å². The second-order valence-electron chi connectivity index (χ2n) is 7.55. The average molecular weight is 436 g/mol. The number of carbonyl (C=O) groups is 2. The van der Waals surface area contributed by atoms with Gasteiger partial charge in [0, 0.05) is 33.6 Å². The highest BCUT2D eigenvalue weighted by Gasteiger charge is 2.18. The zero-order chi connectivity index (χ0) is 22.8. The van der Waals surface area contributed by atoms with Gasteiger partial charge in [-0.15, -0.1) is 0 Å². The fourth-order valence-electron chi connectivity index (χ4n) is 3.84. The summed E-state index contributed by atoms with van der Waals surface area (Å²) in [6, 6.07) is 24.0. The first-order valence-electron chi connectivity index (χ1n) is 10.4. The summed E-state index contributed by atoms with van der Waals surface area (Å²) in [6.45, 7) is -0.352. The van der Waals surface area contributed by atoms with Gasteiger partial charge < -0.3 is 14.5 Å². The van der Waals surface area contributed by atoms with Gasteiger partial charge >= 0.3 is 5.97 Å². The van der Waals surface area contributed by atoms with E-state index in [-0.39, 0.29) is 12.4 Å². The second-order valence-corrected chi connectivity index (χ2v) is 7.55. The maximum atomic E-state index is 13.1. The highest BCUT2D eigenvalue weighted by molar-refractivity contribution is 6.10. The number of benzene rings is 3. The Labute approximate surface area is 189 Å². The van der Waals surface area contributed by atoms with Crippen molar-refractivity contribution in [2.24, 2.45) is 0 Å². The van der Waals surface area contributed by atoms with E-state index in [4.69, 9.17) is 14.5 Å². The lowest BCUT2D eigenvalue weighted by atomic mass is 10.0. The Morgan fingerprint density at radius 1 is 0.879 bits per heavy atom. The van der Waals surface area contributed by atoms with Gasteiger partial charge in [0.15, 0.2) is 6.61 Å². The predicted molar refractivity (Wildman–Crippen MR) is 127 cm³/mol. The van der Waals surface area contributed by atoms with E-state index in [2.05, 4.69) is 4.98 Å². The van der Waals surface area contributed by atoms with Crippen LogP contribution in [0.15, 0.2) is 85.1 Å². The van der Waals surface area contributed by atoms with E-state index in [1.54, 1.807) is 19.4 Å². The molecule has 2 aromatic heterocycles. The van der Waals surface area contributed by atoms with E-state index in [0.717, 1.165) is 22.2 Å². The first-order chi connectivity index (χ1) is 16.1. The molecule has 0 unspecified atom stereocenters. The lowest BCUT2D eigenvalue weighted by Gasteiger charge is -2.10. The highest BCUT2D eigenvalue weighted by atomic mass is 16.5. The molecule has 5 aromatic rings. The molecule has 0 aliphatic rings. The maximum absolute atomic E-state index is 13.1. The monoisotopic (exact) mass is 436 g/mol. The molecular formula is C27H20N2O4. The number of nitrogens with zero attached hydrogens (tertiary/aromatic N) is 1. The number of nitrogens with one attached hydrogen (secondary N) is 1. The predicted octanol–water partition coefficient (Wildman–Crippen LogP) is 5.43. The number of para-hydroxylation sites is 2. The standard InChI is InChI=1S/C27H20N2O4/c1-32-18-12-10-17(11-13-18)25-14-21(19-6-3-5-9-24(19)29-25)27(31)33-16-26(30)22-15-28-23-8-4-2-7-20(22)23/h2-15,28H,16H2,1H3. The summed E-state index contributed by atoms with van der Waals surface area (Å²) in [6.07, 6.45) is 1.64. The smallest absolute Gasteiger partial charge is 0.339 e. The summed E-state index contributed by atoms with van der Waals surface area (Å²) in [4.78, 5) is 33.6. The molecule has 6 nitrogen and oxygen atoms in total. The third-order valence-corrected chi connectivity index (χ3v) is 5.55. The van der Waals surface area contributed by atoms with Crippen LogP contribution in [0.2, 0.25) is 0 Å². The molecule has 33 heavy (non-hydrogen) atoms. The van der Waals surface area contributed by atoms with Gasteiger partial charge in [-0.25, -0.2) is 9.78 Å². The average Bonchev–Trinajstić information content (AvgIpc) is 3.31. The van der Waals surface area contributed by atoms with Crippen molar-refractivity contribution < 1.29 is 19.1 Å². The van der Waals surface area contributed by atoms with Crippen LogP contribution in [0, 0.1) is 0 Å². The Balaban J connectivity index is 1.44. The van der Waals surface area contributed by atoms with Gasteiger partial charge in [-0.1, -0.05) is 36.4 Å². The number of carbonyl (C=O) groups excluding carboxylic acids is 2. The van der Waals surface area contributed by atoms with Crippen LogP contribution in [0.5, 0.6) is 5.75 Å². The second kappa shape index (κ2) is 8.59. The maximum Gasteiger partial charge on any atom is 0.339 e. The zero-order valence-corrected chi connectivity index (χ0v) is 17.9. The van der Waals surface area contributed by atoms with Crippen molar-refractivity contribution in [3.05, 3.63) is 96.2 Å². The van der Waals surface area contributed by atoms with Crippen molar-refractivity contribution in [3.63, 3.8) is 0 Å². The Morgan fingerprint density at radius 2 is 1.61 bits per heavy atom. The summed E-state index contributed by atoms with van der Waals surface area (Å²) in [5.74, 6) is -0.110. The molecule has 0 saturated heterocycles. The summed E-state index contributed by atoms with van der Waals surface area (Å²) in [7, 11) is 1.61. The summed E-state index contributed by atoms with van der Waals surface area (Å²) >= 11 is 0. The van der Waals surface area contributed by atoms with Crippen LogP contribution < -0.4 is 4.74 Å². The van der Waals surface area contributed by atoms with E-state index in [1.165, 1.54) is 0 Å². The molecule has 1 N–H and O–H groups in total. The van der Waals surface area contributed by atoms with Crippen molar-refractivity contribution in [3.8, 4) is 17.0 Å². The summed E-state index contributed by atoms with van der Waals surface area (Å²) < 4.78 is 10.7. The molecule has 0 radical (unpaired) electrons. The Morgan fingerprint density at radius 3 is 2.39 bits per heavy atom. The van der Waals surface area contributed by atoms with Crippen molar-refractivity contribution in [2.45, 2.75) is 0 Å². The quantitative estimate of drug-likeness (QED) is 0.283. The number of aromatic amines is 1. The van der Waals surface area contributed by atoms with Crippen molar-refractivity contribution in [1.29, 1.82) is 0 Å². The fraction of sp³-hybridized carbons (Fsp3) is 0.0741. The molecule has 6 heteroatoms. The van der Waals surface area contributed by atoms with Crippen LogP contribution in [-0.2, 0) is 4.74 Å². The minimum atomic E-state index is -0.573. The van der Waals surface area contributed by atoms with Gasteiger partial charge in [-0.05, 0) is 42.5 Å². The van der Waals surface area contributed by atoms with Crippen LogP contribution in [0.25, 0.3) is 33.1 Å². The summed E-state index contributed by atoms with van der Waals surface area (Å²) in [5, 5.41) is 1.47. The minimum Gasteiger partial charge on any atom is -0.497 e. The largest absolute Gasteiger partial charge is 0.497 e. The van der Waals surface area contributed by atoms with Crippen LogP contribution in [0.1, 0.15) is 20.7 Å². The van der Waals surface area contributed by atoms with Crippen LogP contribution in [0.4, 0.5) is 0 Å². The van der Waals surface area contributed by atoms with Gasteiger partial charge in [-0.2, -0.15) is 0 Å². The summed E-state index contributed by atoms with van der Waals surface area (Å²) in [5.41, 5.74) is 3.85. The van der Waals surface area contributed by atoms with E-state index in [9.17, 15) is 9.59 Å². The first kappa shape index (κ1) is 20.5. The lowest BCUT2D eigenvalue weighted by molar-refractivity contribution is 0.0477. The molecule has 3 aromatic carbocycles. The normalized spacial score (nSPS) is 10.9. The topological polar surface area (TPSA) is 81.3 Å². The number of rotatable bonds is 6. The molecule has 0 atom stereocenters. The number of hydrogen-bond acceptors (Lipinski definition) is 5. The lowest BCUT2D eigenvalue weighted by Crippen LogP contribution is -2.14. The number of esters is 1. The minimum absolute atomic E-state index is 0.269. The van der Waals surface area contributed by atoms with Crippen molar-refractivity contribution >= 4 is 33.6 Å². The Bertz CT molecular complexity index is 1490. The third kappa shape index (κ3) is 3.94. The number of Topliss-reactive ketones (excluding diaryl/α,β-unsaturated/α-hetero) is 1. The molecule has 162 valence electrons. The van der Waals surface area contributed by atoms with Gasteiger partial charge in [0.05, 0.1) is 23.9 Å². The van der Waals surface area contributed by atoms with Crippen LogP contribution in [0.3, 0.4) is 0 Å². The molecule has 5 rings (SSSR count). The number of fused-ring (bicyclic) bond motifs is 2. The number of aromatic nitrogens is 2. The molecule has 2 heterocycles. The van der Waals surface area contributed by atoms with Crippen molar-refractivity contribution in [2.75, 3.05) is 13.7 Å².